The van der Waals surface area contributed by atoms with E-state index in [2.05, 4.69) is 15.5 Å². The molecule has 0 saturated heterocycles. The Labute approximate surface area is 159 Å². The first-order chi connectivity index (χ1) is 13.3. The second kappa shape index (κ2) is 7.76. The molecule has 0 spiro atoms. The van der Waals surface area contributed by atoms with Crippen molar-refractivity contribution in [3.63, 3.8) is 0 Å². The van der Waals surface area contributed by atoms with E-state index in [-0.39, 0.29) is 5.91 Å². The summed E-state index contributed by atoms with van der Waals surface area (Å²) in [5.41, 5.74) is 5.62. The molecule has 0 radical (unpaired) electrons. The molecule has 0 aliphatic rings. The lowest BCUT2D eigenvalue weighted by Gasteiger charge is -1.98. The summed E-state index contributed by atoms with van der Waals surface area (Å²) in [6.07, 6.45) is 6.64. The molecule has 3 heterocycles. The van der Waals surface area contributed by atoms with Crippen molar-refractivity contribution in [1.82, 2.24) is 20.2 Å². The molecule has 4 aromatic rings. The van der Waals surface area contributed by atoms with Crippen molar-refractivity contribution in [2.75, 3.05) is 0 Å². The second-order valence-corrected chi connectivity index (χ2v) is 6.57. The van der Waals surface area contributed by atoms with Crippen molar-refractivity contribution in [2.24, 2.45) is 5.10 Å². The van der Waals surface area contributed by atoms with Gasteiger partial charge in [-0.1, -0.05) is 24.3 Å². The van der Waals surface area contributed by atoms with Gasteiger partial charge in [0.1, 0.15) is 5.69 Å². The molecule has 0 atom stereocenters. The summed E-state index contributed by atoms with van der Waals surface area (Å²) >= 11 is 1.60. The van der Waals surface area contributed by atoms with Gasteiger partial charge >= 0.3 is 0 Å². The Hall–Kier alpha value is -3.58. The number of aromatic nitrogens is 3. The Morgan fingerprint density at radius 2 is 1.89 bits per heavy atom. The summed E-state index contributed by atoms with van der Waals surface area (Å²) in [6, 6.07) is 17.1. The zero-order valence-electron chi connectivity index (χ0n) is 14.2. The molecule has 4 rings (SSSR count). The van der Waals surface area contributed by atoms with Crippen molar-refractivity contribution in [3.8, 4) is 16.3 Å². The highest BCUT2D eigenvalue weighted by Gasteiger charge is 2.12. The molecule has 0 bridgehead atoms. The number of benzene rings is 1. The third-order valence-corrected chi connectivity index (χ3v) is 4.71. The molecule has 0 unspecified atom stereocenters. The number of carbonyl (C=O) groups excluding carboxylic acids is 1. The van der Waals surface area contributed by atoms with Crippen LogP contribution in [0.15, 0.2) is 83.7 Å². The number of hydrogen-bond donors (Lipinski definition) is 1. The topological polar surface area (TPSA) is 72.2 Å². The van der Waals surface area contributed by atoms with E-state index >= 15 is 0 Å². The minimum atomic E-state index is -0.290. The van der Waals surface area contributed by atoms with Crippen molar-refractivity contribution in [3.05, 3.63) is 89.7 Å². The third-order valence-electron chi connectivity index (χ3n) is 3.83. The van der Waals surface area contributed by atoms with Gasteiger partial charge in [-0.3, -0.25) is 9.78 Å². The number of rotatable bonds is 5. The van der Waals surface area contributed by atoms with Gasteiger partial charge in [0, 0.05) is 29.7 Å². The van der Waals surface area contributed by atoms with Gasteiger partial charge < -0.3 is 0 Å². The smallest absolute Gasteiger partial charge is 0.267 e. The van der Waals surface area contributed by atoms with E-state index in [1.54, 1.807) is 46.8 Å². The van der Waals surface area contributed by atoms with E-state index < -0.39 is 0 Å². The lowest BCUT2D eigenvalue weighted by atomic mass is 10.2. The van der Waals surface area contributed by atoms with Crippen LogP contribution in [0.2, 0.25) is 0 Å². The van der Waals surface area contributed by atoms with Crippen LogP contribution >= 0.6 is 11.3 Å². The molecule has 0 saturated carbocycles. The molecule has 1 aromatic carbocycles. The van der Waals surface area contributed by atoms with Crippen LogP contribution in [-0.2, 0) is 0 Å². The van der Waals surface area contributed by atoms with Crippen LogP contribution in [0.3, 0.4) is 0 Å². The zero-order valence-corrected chi connectivity index (χ0v) is 15.0. The fourth-order valence-corrected chi connectivity index (χ4v) is 3.26. The number of thiophene rings is 1. The normalized spacial score (nSPS) is 11.0. The highest BCUT2D eigenvalue weighted by Crippen LogP contribution is 2.26. The zero-order chi connectivity index (χ0) is 18.5. The highest BCUT2D eigenvalue weighted by molar-refractivity contribution is 7.13. The Bertz CT molecular complexity index is 1060. The van der Waals surface area contributed by atoms with Crippen LogP contribution in [0.4, 0.5) is 0 Å². The van der Waals surface area contributed by atoms with E-state index in [0.717, 1.165) is 21.8 Å². The highest BCUT2D eigenvalue weighted by atomic mass is 32.1. The number of carbonyl (C=O) groups is 1. The van der Waals surface area contributed by atoms with Gasteiger partial charge in [0.05, 0.1) is 16.8 Å². The summed E-state index contributed by atoms with van der Waals surface area (Å²) in [5, 5.41) is 10.8. The van der Waals surface area contributed by atoms with Gasteiger partial charge in [-0.25, -0.2) is 10.1 Å². The molecule has 132 valence electrons. The second-order valence-electron chi connectivity index (χ2n) is 5.63. The fourth-order valence-electron chi connectivity index (χ4n) is 2.53. The van der Waals surface area contributed by atoms with Gasteiger partial charge in [0.15, 0.2) is 0 Å². The summed E-state index contributed by atoms with van der Waals surface area (Å²) in [7, 11) is 0. The molecule has 7 heteroatoms. The Morgan fingerprint density at radius 1 is 1.07 bits per heavy atom. The van der Waals surface area contributed by atoms with Crippen molar-refractivity contribution < 1.29 is 4.79 Å². The van der Waals surface area contributed by atoms with Crippen molar-refractivity contribution >= 4 is 23.5 Å². The molecular weight excluding hydrogens is 358 g/mol. The average molecular weight is 373 g/mol. The lowest BCUT2D eigenvalue weighted by Crippen LogP contribution is -2.17. The summed E-state index contributed by atoms with van der Waals surface area (Å²) in [4.78, 5) is 17.0. The van der Waals surface area contributed by atoms with Crippen LogP contribution in [0.5, 0.6) is 0 Å². The minimum Gasteiger partial charge on any atom is -0.267 e. The molecule has 0 aliphatic heterocycles. The Balaban J connectivity index is 1.61. The monoisotopic (exact) mass is 373 g/mol. The molecule has 1 N–H and O–H groups in total. The van der Waals surface area contributed by atoms with Crippen LogP contribution in [0.25, 0.3) is 16.3 Å². The summed E-state index contributed by atoms with van der Waals surface area (Å²) < 4.78 is 1.81. The van der Waals surface area contributed by atoms with Gasteiger partial charge in [0.25, 0.3) is 5.91 Å². The van der Waals surface area contributed by atoms with Crippen LogP contribution in [-0.4, -0.2) is 26.9 Å². The average Bonchev–Trinajstić information content (AvgIpc) is 3.39. The summed E-state index contributed by atoms with van der Waals surface area (Å²) in [5.74, 6) is -0.290. The largest absolute Gasteiger partial charge is 0.271 e. The molecule has 0 aliphatic carbocycles. The first-order valence-electron chi connectivity index (χ1n) is 8.23. The van der Waals surface area contributed by atoms with E-state index in [1.165, 1.54) is 0 Å². The first kappa shape index (κ1) is 16.9. The maximum absolute atomic E-state index is 12.1. The van der Waals surface area contributed by atoms with Crippen LogP contribution in [0.1, 0.15) is 15.9 Å². The number of pyridine rings is 1. The molecule has 6 nitrogen and oxygen atoms in total. The first-order valence-corrected chi connectivity index (χ1v) is 9.11. The van der Waals surface area contributed by atoms with E-state index in [9.17, 15) is 4.79 Å². The quantitative estimate of drug-likeness (QED) is 0.428. The fraction of sp³-hybridized carbons (Fsp3) is 0. The Kier molecular flexibility index (Phi) is 4.84. The molecule has 0 fully saturated rings. The maximum atomic E-state index is 12.1. The van der Waals surface area contributed by atoms with Crippen LogP contribution in [0, 0.1) is 0 Å². The predicted octanol–water partition coefficient (Wildman–Crippen LogP) is 3.76. The molecular formula is C20H15N5OS. The molecule has 3 aromatic heterocycles. The lowest BCUT2D eigenvalue weighted by molar-refractivity contribution is 0.0955. The SMILES string of the molecule is O=C(NN=Cc1cn(-c2ccccc2)nc1-c1cccs1)c1ccncc1. The number of hydrazone groups is 1. The number of amides is 1. The van der Waals surface area contributed by atoms with Gasteiger partial charge in [-0.05, 0) is 35.7 Å². The number of nitrogens with zero attached hydrogens (tertiary/aromatic N) is 4. The standard InChI is InChI=1S/C20H15N5OS/c26-20(15-8-10-21-11-9-15)23-22-13-16-14-25(17-5-2-1-3-6-17)24-19(16)18-7-4-12-27-18/h1-14H,(H,23,26). The minimum absolute atomic E-state index is 0.290. The predicted molar refractivity (Wildman–Crippen MR) is 106 cm³/mol. The van der Waals surface area contributed by atoms with E-state index in [0.29, 0.717) is 5.56 Å². The Morgan fingerprint density at radius 3 is 2.63 bits per heavy atom. The van der Waals surface area contributed by atoms with Crippen LogP contribution < -0.4 is 5.43 Å². The van der Waals surface area contributed by atoms with E-state index in [1.807, 2.05) is 54.0 Å². The maximum Gasteiger partial charge on any atom is 0.271 e. The number of hydrogen-bond acceptors (Lipinski definition) is 5. The molecule has 27 heavy (non-hydrogen) atoms. The van der Waals surface area contributed by atoms with Gasteiger partial charge in [-0.15, -0.1) is 11.3 Å². The van der Waals surface area contributed by atoms with Gasteiger partial charge in [0.2, 0.25) is 0 Å². The van der Waals surface area contributed by atoms with Crippen molar-refractivity contribution in [1.29, 1.82) is 0 Å². The number of para-hydroxylation sites is 1. The third kappa shape index (κ3) is 3.83. The number of nitrogens with one attached hydrogen (secondary N) is 1. The summed E-state index contributed by atoms with van der Waals surface area (Å²) in [6.45, 7) is 0. The van der Waals surface area contributed by atoms with Gasteiger partial charge in [-0.2, -0.15) is 10.2 Å². The van der Waals surface area contributed by atoms with E-state index in [4.69, 9.17) is 5.10 Å². The van der Waals surface area contributed by atoms with Crippen molar-refractivity contribution in [2.45, 2.75) is 0 Å². The molecule has 1 amide bonds.